The molecule has 10 heteroatoms. The largest absolute Gasteiger partial charge is 0.472 e. The lowest BCUT2D eigenvalue weighted by Gasteiger charge is -2.19. The monoisotopic (exact) mass is 509 g/mol. The number of hydrogen-bond donors (Lipinski definition) is 2. The molecule has 2 atom stereocenters. The van der Waals surface area contributed by atoms with Crippen LogP contribution in [0.2, 0.25) is 0 Å². The van der Waals surface area contributed by atoms with Crippen molar-refractivity contribution in [3.05, 3.63) is 0 Å². The summed E-state index contributed by atoms with van der Waals surface area (Å²) in [5.41, 5.74) is 5.26. The van der Waals surface area contributed by atoms with Gasteiger partial charge in [0.1, 0.15) is 6.61 Å². The van der Waals surface area contributed by atoms with E-state index in [1.165, 1.54) is 25.7 Å². The number of esters is 2. The summed E-state index contributed by atoms with van der Waals surface area (Å²) in [4.78, 5) is 33.9. The minimum Gasteiger partial charge on any atom is -0.462 e. The lowest BCUT2D eigenvalue weighted by atomic mass is 10.1. The Morgan fingerprint density at radius 1 is 0.765 bits per heavy atom. The van der Waals surface area contributed by atoms with Crippen molar-refractivity contribution in [1.29, 1.82) is 0 Å². The Morgan fingerprint density at radius 3 is 1.79 bits per heavy atom. The highest BCUT2D eigenvalue weighted by molar-refractivity contribution is 7.47. The van der Waals surface area contributed by atoms with E-state index in [0.717, 1.165) is 51.4 Å². The minimum atomic E-state index is -4.34. The molecular formula is C24H48NO8P. The van der Waals surface area contributed by atoms with E-state index in [1.54, 1.807) is 0 Å². The number of nitrogens with two attached hydrogens (primary N) is 1. The van der Waals surface area contributed by atoms with Gasteiger partial charge in [0.05, 0.1) is 13.2 Å². The zero-order valence-electron chi connectivity index (χ0n) is 21.3. The molecular weight excluding hydrogens is 461 g/mol. The van der Waals surface area contributed by atoms with Crippen LogP contribution in [0, 0.1) is 0 Å². The molecule has 0 aliphatic carbocycles. The van der Waals surface area contributed by atoms with E-state index >= 15 is 0 Å². The molecule has 34 heavy (non-hydrogen) atoms. The Morgan fingerprint density at radius 2 is 1.26 bits per heavy atom. The molecule has 0 spiro atoms. The van der Waals surface area contributed by atoms with Crippen LogP contribution in [-0.4, -0.2) is 49.3 Å². The summed E-state index contributed by atoms with van der Waals surface area (Å²) >= 11 is 0. The van der Waals surface area contributed by atoms with E-state index in [0.29, 0.717) is 6.42 Å². The van der Waals surface area contributed by atoms with Crippen LogP contribution >= 0.6 is 7.82 Å². The number of unbranched alkanes of at least 4 members (excludes halogenated alkanes) is 11. The first-order valence-electron chi connectivity index (χ1n) is 13.0. The topological polar surface area (TPSA) is 134 Å². The summed E-state index contributed by atoms with van der Waals surface area (Å²) in [6.07, 6.45) is 13.4. The lowest BCUT2D eigenvalue weighted by molar-refractivity contribution is -0.161. The molecule has 202 valence electrons. The molecule has 0 aromatic rings. The van der Waals surface area contributed by atoms with Gasteiger partial charge in [-0.3, -0.25) is 18.6 Å². The molecule has 0 aliphatic heterocycles. The molecule has 1 unspecified atom stereocenters. The van der Waals surface area contributed by atoms with Crippen molar-refractivity contribution in [2.45, 2.75) is 116 Å². The standard InChI is InChI=1S/C24H48NO8P/c1-3-5-7-9-10-11-13-15-17-24(27)33-22(21-32-34(28,29)31-19-18-25)20-30-23(26)16-14-12-8-6-4-2/h22H,3-21,25H2,1-2H3,(H,28,29)/t22-/m1/s1. The van der Waals surface area contributed by atoms with Gasteiger partial charge in [-0.1, -0.05) is 84.5 Å². The van der Waals surface area contributed by atoms with Gasteiger partial charge in [0.15, 0.2) is 6.10 Å². The quantitative estimate of drug-likeness (QED) is 0.0992. The Labute approximate surface area is 206 Å². The van der Waals surface area contributed by atoms with Crippen LogP contribution in [0.5, 0.6) is 0 Å². The van der Waals surface area contributed by atoms with E-state index in [2.05, 4.69) is 18.4 Å². The third kappa shape index (κ3) is 21.5. The molecule has 0 fully saturated rings. The van der Waals surface area contributed by atoms with Crippen molar-refractivity contribution in [2.24, 2.45) is 5.73 Å². The number of ether oxygens (including phenoxy) is 2. The molecule has 0 heterocycles. The molecule has 9 nitrogen and oxygen atoms in total. The molecule has 0 aromatic carbocycles. The molecule has 0 aromatic heterocycles. The van der Waals surface area contributed by atoms with E-state index in [4.69, 9.17) is 19.7 Å². The van der Waals surface area contributed by atoms with Crippen LogP contribution in [0.1, 0.15) is 110 Å². The predicted octanol–water partition coefficient (Wildman–Crippen LogP) is 5.43. The molecule has 0 bridgehead atoms. The first-order chi connectivity index (χ1) is 16.3. The van der Waals surface area contributed by atoms with Crippen LogP contribution in [0.15, 0.2) is 0 Å². The number of phosphoric ester groups is 1. The zero-order chi connectivity index (χ0) is 25.5. The zero-order valence-corrected chi connectivity index (χ0v) is 22.2. The Balaban J connectivity index is 4.42. The molecule has 0 rings (SSSR count). The van der Waals surface area contributed by atoms with Crippen LogP contribution < -0.4 is 5.73 Å². The van der Waals surface area contributed by atoms with E-state index in [-0.39, 0.29) is 32.6 Å². The molecule has 0 aliphatic rings. The second kappa shape index (κ2) is 22.5. The Bertz CT molecular complexity index is 561. The van der Waals surface area contributed by atoms with Crippen LogP contribution in [0.25, 0.3) is 0 Å². The number of carbonyl (C=O) groups is 2. The maximum absolute atomic E-state index is 12.2. The number of phosphoric acid groups is 1. The van der Waals surface area contributed by atoms with Crippen molar-refractivity contribution in [1.82, 2.24) is 0 Å². The van der Waals surface area contributed by atoms with Crippen molar-refractivity contribution in [3.63, 3.8) is 0 Å². The number of carbonyl (C=O) groups excluding carboxylic acids is 2. The first-order valence-corrected chi connectivity index (χ1v) is 14.5. The minimum absolute atomic E-state index is 0.0563. The van der Waals surface area contributed by atoms with Gasteiger partial charge in [0.2, 0.25) is 0 Å². The number of rotatable bonds is 24. The summed E-state index contributed by atoms with van der Waals surface area (Å²) in [5, 5.41) is 0. The molecule has 0 radical (unpaired) electrons. The number of hydrogen-bond acceptors (Lipinski definition) is 8. The van der Waals surface area contributed by atoms with Crippen molar-refractivity contribution < 1.29 is 37.6 Å². The van der Waals surface area contributed by atoms with Crippen molar-refractivity contribution >= 4 is 19.8 Å². The van der Waals surface area contributed by atoms with Crippen LogP contribution in [0.4, 0.5) is 0 Å². The highest BCUT2D eigenvalue weighted by atomic mass is 31.2. The smallest absolute Gasteiger partial charge is 0.462 e. The summed E-state index contributed by atoms with van der Waals surface area (Å²) in [6, 6.07) is 0. The van der Waals surface area contributed by atoms with Crippen LogP contribution in [-0.2, 0) is 32.7 Å². The van der Waals surface area contributed by atoms with Gasteiger partial charge in [-0.05, 0) is 12.8 Å². The third-order valence-electron chi connectivity index (χ3n) is 5.24. The van der Waals surface area contributed by atoms with Crippen molar-refractivity contribution in [2.75, 3.05) is 26.4 Å². The average molecular weight is 510 g/mol. The van der Waals surface area contributed by atoms with E-state index in [9.17, 15) is 19.0 Å². The predicted molar refractivity (Wildman–Crippen MR) is 132 cm³/mol. The summed E-state index contributed by atoms with van der Waals surface area (Å²) in [6.45, 7) is 3.55. The lowest BCUT2D eigenvalue weighted by Crippen LogP contribution is -2.29. The van der Waals surface area contributed by atoms with E-state index in [1.807, 2.05) is 0 Å². The molecule has 3 N–H and O–H groups in total. The van der Waals surface area contributed by atoms with Gasteiger partial charge in [-0.2, -0.15) is 0 Å². The highest BCUT2D eigenvalue weighted by Gasteiger charge is 2.25. The van der Waals surface area contributed by atoms with E-state index < -0.39 is 32.5 Å². The summed E-state index contributed by atoms with van der Waals surface area (Å²) < 4.78 is 32.1. The first kappa shape index (κ1) is 33.0. The van der Waals surface area contributed by atoms with Crippen molar-refractivity contribution in [3.8, 4) is 0 Å². The summed E-state index contributed by atoms with van der Waals surface area (Å²) in [5.74, 6) is -0.849. The van der Waals surface area contributed by atoms with Gasteiger partial charge in [-0.25, -0.2) is 4.57 Å². The van der Waals surface area contributed by atoms with Gasteiger partial charge >= 0.3 is 19.8 Å². The van der Waals surface area contributed by atoms with Crippen LogP contribution in [0.3, 0.4) is 0 Å². The van der Waals surface area contributed by atoms with Gasteiger partial charge in [-0.15, -0.1) is 0 Å². The average Bonchev–Trinajstić information content (AvgIpc) is 2.81. The molecule has 0 saturated heterocycles. The fourth-order valence-corrected chi connectivity index (χ4v) is 4.04. The second-order valence-electron chi connectivity index (χ2n) is 8.57. The maximum Gasteiger partial charge on any atom is 0.472 e. The highest BCUT2D eigenvalue weighted by Crippen LogP contribution is 2.43. The Kier molecular flexibility index (Phi) is 21.8. The fourth-order valence-electron chi connectivity index (χ4n) is 3.28. The SMILES string of the molecule is CCCCCCCCCCC(=O)O[C@H](COC(=O)CCCCCCC)COP(=O)(O)OCCN. The van der Waals surface area contributed by atoms with Gasteiger partial charge in [0.25, 0.3) is 0 Å². The van der Waals surface area contributed by atoms with Gasteiger partial charge in [0, 0.05) is 19.4 Å². The Hall–Kier alpha value is -0.990. The fraction of sp³-hybridized carbons (Fsp3) is 0.917. The summed E-state index contributed by atoms with van der Waals surface area (Å²) in [7, 11) is -4.34. The molecule has 0 saturated carbocycles. The maximum atomic E-state index is 12.2. The third-order valence-corrected chi connectivity index (χ3v) is 6.23. The second-order valence-corrected chi connectivity index (χ2v) is 10.0. The van der Waals surface area contributed by atoms with Gasteiger partial charge < -0.3 is 20.1 Å². The normalized spacial score (nSPS) is 13.9. The molecule has 0 amide bonds.